The van der Waals surface area contributed by atoms with E-state index < -0.39 is 9.05 Å². The van der Waals surface area contributed by atoms with E-state index in [4.69, 9.17) is 10.7 Å². The Morgan fingerprint density at radius 2 is 2.12 bits per heavy atom. The smallest absolute Gasteiger partial charge is 0.261 e. The first kappa shape index (κ1) is 12.4. The Bertz CT molecular complexity index is 568. The molecule has 0 atom stereocenters. The van der Waals surface area contributed by atoms with E-state index in [9.17, 15) is 13.2 Å². The Kier molecular flexibility index (Phi) is 3.14. The highest BCUT2D eigenvalue weighted by Gasteiger charge is 2.28. The molecule has 0 fully saturated rings. The molecular formula is C11H12ClNO3S. The van der Waals surface area contributed by atoms with Gasteiger partial charge in [-0.25, -0.2) is 8.42 Å². The maximum Gasteiger partial charge on any atom is 0.261 e. The van der Waals surface area contributed by atoms with Gasteiger partial charge in [0, 0.05) is 29.3 Å². The number of nitrogens with zero attached hydrogens (tertiary/aromatic N) is 1. The van der Waals surface area contributed by atoms with Crippen LogP contribution >= 0.6 is 10.7 Å². The molecule has 0 spiro atoms. The van der Waals surface area contributed by atoms with E-state index in [1.807, 2.05) is 6.92 Å². The average molecular weight is 274 g/mol. The number of carbonyl (C=O) groups is 1. The van der Waals surface area contributed by atoms with Gasteiger partial charge in [0.25, 0.3) is 15.0 Å². The lowest BCUT2D eigenvalue weighted by molar-refractivity contribution is 0.0748. The summed E-state index contributed by atoms with van der Waals surface area (Å²) in [5.41, 5.74) is 0.983. The Hall–Kier alpha value is -1.07. The SMILES string of the molecule is CCN1CCc2c(cccc2S(=O)(=O)Cl)C1=O. The molecule has 4 nitrogen and oxygen atoms in total. The normalized spacial score (nSPS) is 15.9. The van der Waals surface area contributed by atoms with Crippen molar-refractivity contribution in [3.05, 3.63) is 29.3 Å². The first-order valence-electron chi connectivity index (χ1n) is 5.31. The van der Waals surface area contributed by atoms with E-state index in [0.717, 1.165) is 0 Å². The molecule has 1 aliphatic heterocycles. The van der Waals surface area contributed by atoms with E-state index in [1.165, 1.54) is 6.07 Å². The van der Waals surface area contributed by atoms with Crippen LogP contribution in [0.2, 0.25) is 0 Å². The van der Waals surface area contributed by atoms with E-state index in [0.29, 0.717) is 30.6 Å². The highest BCUT2D eigenvalue weighted by molar-refractivity contribution is 8.13. The van der Waals surface area contributed by atoms with E-state index in [1.54, 1.807) is 17.0 Å². The molecule has 1 heterocycles. The number of benzene rings is 1. The fourth-order valence-electron chi connectivity index (χ4n) is 2.07. The summed E-state index contributed by atoms with van der Waals surface area (Å²) in [6, 6.07) is 4.63. The van der Waals surface area contributed by atoms with Crippen molar-refractivity contribution in [2.75, 3.05) is 13.1 Å². The summed E-state index contributed by atoms with van der Waals surface area (Å²) in [5.74, 6) is -0.129. The molecule has 0 unspecified atom stereocenters. The van der Waals surface area contributed by atoms with Gasteiger partial charge in [0.2, 0.25) is 0 Å². The minimum atomic E-state index is -3.79. The van der Waals surface area contributed by atoms with Gasteiger partial charge in [0.1, 0.15) is 0 Å². The van der Waals surface area contributed by atoms with E-state index in [2.05, 4.69) is 0 Å². The maximum atomic E-state index is 12.0. The van der Waals surface area contributed by atoms with Gasteiger partial charge in [-0.15, -0.1) is 0 Å². The summed E-state index contributed by atoms with van der Waals surface area (Å²) in [6.07, 6.45) is 0.525. The molecule has 0 radical (unpaired) electrons. The van der Waals surface area contributed by atoms with Gasteiger partial charge in [-0.3, -0.25) is 4.79 Å². The fourth-order valence-corrected chi connectivity index (χ4v) is 3.25. The summed E-state index contributed by atoms with van der Waals surface area (Å²) in [5, 5.41) is 0. The first-order chi connectivity index (χ1) is 7.95. The number of likely N-dealkylation sites (N-methyl/N-ethyl adjacent to an activating group) is 1. The maximum absolute atomic E-state index is 12.0. The van der Waals surface area contributed by atoms with Crippen LogP contribution in [0.4, 0.5) is 0 Å². The van der Waals surface area contributed by atoms with Gasteiger partial charge >= 0.3 is 0 Å². The Morgan fingerprint density at radius 3 is 2.71 bits per heavy atom. The van der Waals surface area contributed by atoms with Crippen molar-refractivity contribution in [1.29, 1.82) is 0 Å². The van der Waals surface area contributed by atoms with Crippen molar-refractivity contribution < 1.29 is 13.2 Å². The van der Waals surface area contributed by atoms with E-state index in [-0.39, 0.29) is 10.8 Å². The molecule has 0 saturated heterocycles. The monoisotopic (exact) mass is 273 g/mol. The zero-order valence-corrected chi connectivity index (χ0v) is 10.9. The van der Waals surface area contributed by atoms with Crippen LogP contribution in [-0.4, -0.2) is 32.3 Å². The minimum absolute atomic E-state index is 0.0563. The molecule has 1 aromatic rings. The topological polar surface area (TPSA) is 54.5 Å². The minimum Gasteiger partial charge on any atom is -0.339 e. The molecule has 0 bridgehead atoms. The highest BCUT2D eigenvalue weighted by atomic mass is 35.7. The average Bonchev–Trinajstić information content (AvgIpc) is 2.28. The quantitative estimate of drug-likeness (QED) is 0.770. The second kappa shape index (κ2) is 4.31. The number of carbonyl (C=O) groups excluding carboxylic acids is 1. The van der Waals surface area contributed by atoms with Gasteiger partial charge in [-0.05, 0) is 31.0 Å². The molecule has 0 aliphatic carbocycles. The summed E-state index contributed by atoms with van der Waals surface area (Å²) in [4.78, 5) is 13.8. The second-order valence-electron chi connectivity index (χ2n) is 3.85. The summed E-state index contributed by atoms with van der Waals surface area (Å²) in [6.45, 7) is 3.05. The predicted octanol–water partition coefficient (Wildman–Crippen LogP) is 1.63. The number of halogens is 1. The first-order valence-corrected chi connectivity index (χ1v) is 7.62. The highest BCUT2D eigenvalue weighted by Crippen LogP contribution is 2.27. The number of rotatable bonds is 2. The van der Waals surface area contributed by atoms with E-state index >= 15 is 0 Å². The standard InChI is InChI=1S/C11H12ClNO3S/c1-2-13-7-6-8-9(11(13)14)4-3-5-10(8)17(12,15)16/h3-5H,2,6-7H2,1H3. The third-order valence-electron chi connectivity index (χ3n) is 2.93. The number of amides is 1. The predicted molar refractivity (Wildman–Crippen MR) is 64.8 cm³/mol. The van der Waals surface area contributed by atoms with Crippen LogP contribution in [0.1, 0.15) is 22.8 Å². The molecule has 17 heavy (non-hydrogen) atoms. The van der Waals surface area contributed by atoms with Gasteiger partial charge in [-0.2, -0.15) is 0 Å². The van der Waals surface area contributed by atoms with Gasteiger partial charge in [0.05, 0.1) is 4.90 Å². The van der Waals surface area contributed by atoms with Crippen LogP contribution in [0.25, 0.3) is 0 Å². The van der Waals surface area contributed by atoms with Gasteiger partial charge < -0.3 is 4.90 Å². The Morgan fingerprint density at radius 1 is 1.41 bits per heavy atom. The molecule has 0 aromatic heterocycles. The molecule has 1 aromatic carbocycles. The van der Waals surface area contributed by atoms with Crippen LogP contribution in [0.15, 0.2) is 23.1 Å². The lowest BCUT2D eigenvalue weighted by atomic mass is 9.99. The number of fused-ring (bicyclic) bond motifs is 1. The van der Waals surface area contributed by atoms with Crippen LogP contribution in [-0.2, 0) is 15.5 Å². The van der Waals surface area contributed by atoms with Crippen LogP contribution < -0.4 is 0 Å². The van der Waals surface area contributed by atoms with Crippen molar-refractivity contribution in [2.24, 2.45) is 0 Å². The third-order valence-corrected chi connectivity index (χ3v) is 4.33. The molecule has 0 N–H and O–H groups in total. The third kappa shape index (κ3) is 2.17. The zero-order valence-electron chi connectivity index (χ0n) is 9.31. The number of hydrogen-bond donors (Lipinski definition) is 0. The van der Waals surface area contributed by atoms with Gasteiger partial charge in [0.15, 0.2) is 0 Å². The molecule has 6 heteroatoms. The van der Waals surface area contributed by atoms with Crippen molar-refractivity contribution in [3.63, 3.8) is 0 Å². The summed E-state index contributed by atoms with van der Waals surface area (Å²) in [7, 11) is 1.57. The van der Waals surface area contributed by atoms with Crippen molar-refractivity contribution in [2.45, 2.75) is 18.2 Å². The molecular weight excluding hydrogens is 262 g/mol. The van der Waals surface area contributed by atoms with Crippen LogP contribution in [0, 0.1) is 0 Å². The van der Waals surface area contributed by atoms with Crippen molar-refractivity contribution in [3.8, 4) is 0 Å². The van der Waals surface area contributed by atoms with Gasteiger partial charge in [-0.1, -0.05) is 6.07 Å². The lowest BCUT2D eigenvalue weighted by Crippen LogP contribution is -2.37. The van der Waals surface area contributed by atoms with Crippen molar-refractivity contribution in [1.82, 2.24) is 4.90 Å². The molecule has 2 rings (SSSR count). The summed E-state index contributed by atoms with van der Waals surface area (Å²) >= 11 is 0. The van der Waals surface area contributed by atoms with Crippen LogP contribution in [0.3, 0.4) is 0 Å². The number of hydrogen-bond acceptors (Lipinski definition) is 3. The van der Waals surface area contributed by atoms with Crippen LogP contribution in [0.5, 0.6) is 0 Å². The Balaban J connectivity index is 2.59. The summed E-state index contributed by atoms with van der Waals surface area (Å²) < 4.78 is 22.8. The largest absolute Gasteiger partial charge is 0.339 e. The zero-order chi connectivity index (χ0) is 12.6. The lowest BCUT2D eigenvalue weighted by Gasteiger charge is -2.28. The van der Waals surface area contributed by atoms with Crippen molar-refractivity contribution >= 4 is 25.6 Å². The molecule has 0 saturated carbocycles. The molecule has 92 valence electrons. The molecule has 1 amide bonds. The fraction of sp³-hybridized carbons (Fsp3) is 0.364. The molecule has 1 aliphatic rings. The second-order valence-corrected chi connectivity index (χ2v) is 6.39. The Labute approximate surface area is 105 Å².